The molecule has 0 bridgehead atoms. The van der Waals surface area contributed by atoms with Gasteiger partial charge in [0.2, 0.25) is 0 Å². The Morgan fingerprint density at radius 1 is 1.58 bits per heavy atom. The molecule has 0 saturated heterocycles. The summed E-state index contributed by atoms with van der Waals surface area (Å²) < 4.78 is 4.66. The lowest BCUT2D eigenvalue weighted by Gasteiger charge is -1.98. The topological polar surface area (TPSA) is 52.4 Å². The average Bonchev–Trinajstić information content (AvgIpc) is 1.98. The van der Waals surface area contributed by atoms with E-state index in [0.29, 0.717) is 5.57 Å². The number of rotatable bonds is 4. The minimum atomic E-state index is -0.521. The van der Waals surface area contributed by atoms with Crippen molar-refractivity contribution in [3.63, 3.8) is 0 Å². The molecule has 4 nitrogen and oxygen atoms in total. The lowest BCUT2D eigenvalue weighted by atomic mass is 10.2. The Bertz CT molecular complexity index is 237. The van der Waals surface area contributed by atoms with Crippen molar-refractivity contribution in [1.82, 2.24) is 0 Å². The lowest BCUT2D eigenvalue weighted by molar-refractivity contribution is -0.420. The Morgan fingerprint density at radius 3 is 2.33 bits per heavy atom. The van der Waals surface area contributed by atoms with Crippen molar-refractivity contribution >= 4 is 0 Å². The summed E-state index contributed by atoms with van der Waals surface area (Å²) in [5.74, 6) is 0.240. The molecule has 0 aliphatic heterocycles. The van der Waals surface area contributed by atoms with Crippen molar-refractivity contribution in [2.45, 2.75) is 6.92 Å². The van der Waals surface area contributed by atoms with E-state index in [4.69, 9.17) is 0 Å². The van der Waals surface area contributed by atoms with Crippen LogP contribution in [0.5, 0.6) is 0 Å². The van der Waals surface area contributed by atoms with Crippen molar-refractivity contribution in [1.29, 1.82) is 0 Å². The molecular weight excluding hydrogens is 158 g/mol. The van der Waals surface area contributed by atoms with Crippen molar-refractivity contribution in [2.24, 2.45) is 0 Å². The summed E-state index contributed by atoms with van der Waals surface area (Å²) in [5, 5.41) is 10.4. The van der Waals surface area contributed by atoms with Crippen LogP contribution in [-0.4, -0.2) is 12.0 Å². The zero-order valence-electron chi connectivity index (χ0n) is 7.16. The molecule has 0 aliphatic rings. The van der Waals surface area contributed by atoms with E-state index in [1.165, 1.54) is 13.2 Å². The highest BCUT2D eigenvalue weighted by Crippen LogP contribution is 2.10. The number of allylic oxidation sites excluding steroid dienone is 2. The SMILES string of the molecule is C=C(/C=C(\C(=C)C)[N+](=O)[O-])OC. The van der Waals surface area contributed by atoms with Crippen molar-refractivity contribution in [3.05, 3.63) is 46.4 Å². The molecule has 0 atom stereocenters. The Balaban J connectivity index is 4.74. The number of hydrogen-bond donors (Lipinski definition) is 0. The highest BCUT2D eigenvalue weighted by atomic mass is 16.6. The quantitative estimate of drug-likeness (QED) is 0.279. The fraction of sp³-hybridized carbons (Fsp3) is 0.250. The van der Waals surface area contributed by atoms with Crippen LogP contribution < -0.4 is 0 Å². The highest BCUT2D eigenvalue weighted by molar-refractivity contribution is 5.25. The summed E-state index contributed by atoms with van der Waals surface area (Å²) in [6.45, 7) is 8.44. The van der Waals surface area contributed by atoms with Gasteiger partial charge in [-0.2, -0.15) is 0 Å². The van der Waals surface area contributed by atoms with Crippen LogP contribution in [0, 0.1) is 10.1 Å². The fourth-order valence-corrected chi connectivity index (χ4v) is 0.543. The van der Waals surface area contributed by atoms with Gasteiger partial charge < -0.3 is 4.74 Å². The van der Waals surface area contributed by atoms with Gasteiger partial charge in [0.1, 0.15) is 5.76 Å². The predicted octanol–water partition coefficient (Wildman–Crippen LogP) is 1.88. The second-order valence-corrected chi connectivity index (χ2v) is 2.24. The fourth-order valence-electron chi connectivity index (χ4n) is 0.543. The number of methoxy groups -OCH3 is 1. The van der Waals surface area contributed by atoms with Gasteiger partial charge in [-0.05, 0) is 6.92 Å². The van der Waals surface area contributed by atoms with E-state index in [0.717, 1.165) is 0 Å². The zero-order chi connectivity index (χ0) is 9.72. The van der Waals surface area contributed by atoms with Gasteiger partial charge in [-0.1, -0.05) is 13.2 Å². The van der Waals surface area contributed by atoms with Crippen LogP contribution in [0.3, 0.4) is 0 Å². The summed E-state index contributed by atoms with van der Waals surface area (Å²) in [6, 6.07) is 0. The third-order valence-corrected chi connectivity index (χ3v) is 1.19. The first-order valence-corrected chi connectivity index (χ1v) is 3.24. The second-order valence-electron chi connectivity index (χ2n) is 2.24. The predicted molar refractivity (Wildman–Crippen MR) is 46.0 cm³/mol. The molecule has 66 valence electrons. The first-order chi connectivity index (χ1) is 5.49. The normalized spacial score (nSPS) is 10.7. The summed E-state index contributed by atoms with van der Waals surface area (Å²) >= 11 is 0. The Morgan fingerprint density at radius 2 is 2.08 bits per heavy atom. The molecule has 0 aliphatic carbocycles. The molecule has 0 unspecified atom stereocenters. The largest absolute Gasteiger partial charge is 0.497 e. The van der Waals surface area contributed by atoms with E-state index >= 15 is 0 Å². The van der Waals surface area contributed by atoms with Gasteiger partial charge in [0.15, 0.2) is 0 Å². The van der Waals surface area contributed by atoms with E-state index in [9.17, 15) is 10.1 Å². The Labute approximate surface area is 71.0 Å². The summed E-state index contributed by atoms with van der Waals surface area (Å²) in [6.07, 6.45) is 1.24. The molecule has 4 heteroatoms. The minimum absolute atomic E-state index is 0.0816. The smallest absolute Gasteiger partial charge is 0.275 e. The molecule has 0 spiro atoms. The molecular formula is C8H11NO3. The minimum Gasteiger partial charge on any atom is -0.497 e. The van der Waals surface area contributed by atoms with E-state index in [-0.39, 0.29) is 11.5 Å². The first-order valence-electron chi connectivity index (χ1n) is 3.24. The van der Waals surface area contributed by atoms with E-state index < -0.39 is 4.92 Å². The van der Waals surface area contributed by atoms with Gasteiger partial charge in [0.05, 0.1) is 18.1 Å². The maximum atomic E-state index is 10.4. The van der Waals surface area contributed by atoms with Gasteiger partial charge in [-0.25, -0.2) is 0 Å². The molecule has 0 rings (SSSR count). The van der Waals surface area contributed by atoms with Gasteiger partial charge in [0, 0.05) is 5.57 Å². The number of nitro groups is 1. The monoisotopic (exact) mass is 169 g/mol. The van der Waals surface area contributed by atoms with Crippen LogP contribution in [0.1, 0.15) is 6.92 Å². The second kappa shape index (κ2) is 4.33. The maximum absolute atomic E-state index is 10.4. The zero-order valence-corrected chi connectivity index (χ0v) is 7.16. The molecule has 0 fully saturated rings. The molecule has 12 heavy (non-hydrogen) atoms. The molecule has 0 heterocycles. The van der Waals surface area contributed by atoms with Crippen LogP contribution in [-0.2, 0) is 4.74 Å². The number of hydrogen-bond acceptors (Lipinski definition) is 3. The highest BCUT2D eigenvalue weighted by Gasteiger charge is 2.11. The molecule has 0 saturated carbocycles. The molecule has 0 N–H and O–H groups in total. The van der Waals surface area contributed by atoms with Crippen LogP contribution in [0.4, 0.5) is 0 Å². The van der Waals surface area contributed by atoms with Crippen LogP contribution >= 0.6 is 0 Å². The van der Waals surface area contributed by atoms with E-state index in [1.54, 1.807) is 6.92 Å². The van der Waals surface area contributed by atoms with E-state index in [2.05, 4.69) is 17.9 Å². The summed E-state index contributed by atoms with van der Waals surface area (Å²) in [4.78, 5) is 9.85. The molecule has 0 aromatic rings. The maximum Gasteiger partial charge on any atom is 0.275 e. The first kappa shape index (κ1) is 10.4. The third-order valence-electron chi connectivity index (χ3n) is 1.19. The molecule has 0 radical (unpaired) electrons. The van der Waals surface area contributed by atoms with Gasteiger partial charge >= 0.3 is 0 Å². The number of nitrogens with zero attached hydrogens (tertiary/aromatic N) is 1. The van der Waals surface area contributed by atoms with Crippen molar-refractivity contribution < 1.29 is 9.66 Å². The Kier molecular flexibility index (Phi) is 3.76. The van der Waals surface area contributed by atoms with Gasteiger partial charge in [-0.15, -0.1) is 0 Å². The van der Waals surface area contributed by atoms with Gasteiger partial charge in [-0.3, -0.25) is 10.1 Å². The molecule has 0 aromatic heterocycles. The van der Waals surface area contributed by atoms with Crippen LogP contribution in [0.2, 0.25) is 0 Å². The summed E-state index contributed by atoms with van der Waals surface area (Å²) in [5.41, 5.74) is 0.292. The van der Waals surface area contributed by atoms with Crippen LogP contribution in [0.15, 0.2) is 36.3 Å². The van der Waals surface area contributed by atoms with Crippen molar-refractivity contribution in [3.8, 4) is 0 Å². The standard InChI is InChI=1S/C8H11NO3/c1-6(2)8(9(10)11)5-7(3)12-4/h5H,1,3H2,2,4H3/b8-5+. The third kappa shape index (κ3) is 3.01. The summed E-state index contributed by atoms with van der Waals surface area (Å²) in [7, 11) is 1.40. The molecule has 0 aromatic carbocycles. The van der Waals surface area contributed by atoms with E-state index in [1.807, 2.05) is 0 Å². The Hall–Kier alpha value is -1.58. The van der Waals surface area contributed by atoms with Gasteiger partial charge in [0.25, 0.3) is 5.70 Å². The number of ether oxygens (including phenoxy) is 1. The lowest BCUT2D eigenvalue weighted by Crippen LogP contribution is -2.00. The average molecular weight is 169 g/mol. The molecule has 0 amide bonds. The van der Waals surface area contributed by atoms with Crippen molar-refractivity contribution in [2.75, 3.05) is 7.11 Å². The van der Waals surface area contributed by atoms with Crippen LogP contribution in [0.25, 0.3) is 0 Å².